The van der Waals surface area contributed by atoms with Gasteiger partial charge in [0, 0.05) is 37.7 Å². The van der Waals surface area contributed by atoms with Crippen LogP contribution in [0.4, 0.5) is 9.18 Å². The third kappa shape index (κ3) is 3.97. The molecule has 6 nitrogen and oxygen atoms in total. The van der Waals surface area contributed by atoms with Gasteiger partial charge in [-0.05, 0) is 31.4 Å². The van der Waals surface area contributed by atoms with E-state index in [0.717, 1.165) is 25.6 Å². The minimum atomic E-state index is -0.429. The molecule has 1 aliphatic heterocycles. The number of aromatic nitrogens is 1. The summed E-state index contributed by atoms with van der Waals surface area (Å²) in [4.78, 5) is 29.5. The number of hydrogen-bond acceptors (Lipinski definition) is 3. The van der Waals surface area contributed by atoms with Gasteiger partial charge in [-0.1, -0.05) is 0 Å². The van der Waals surface area contributed by atoms with Crippen molar-refractivity contribution < 1.29 is 14.0 Å². The van der Waals surface area contributed by atoms with E-state index in [1.54, 1.807) is 6.92 Å². The molecule has 0 spiro atoms. The summed E-state index contributed by atoms with van der Waals surface area (Å²) in [5.41, 5.74) is 0.608. The summed E-state index contributed by atoms with van der Waals surface area (Å²) in [6, 6.07) is 1.12. The maximum absolute atomic E-state index is 13.1. The fourth-order valence-corrected chi connectivity index (χ4v) is 2.92. The predicted octanol–water partition coefficient (Wildman–Crippen LogP) is 1.59. The van der Waals surface area contributed by atoms with E-state index in [0.29, 0.717) is 24.6 Å². The monoisotopic (exact) mass is 320 g/mol. The summed E-state index contributed by atoms with van der Waals surface area (Å²) >= 11 is 0. The Labute approximate surface area is 134 Å². The molecule has 2 fully saturated rings. The second-order valence-corrected chi connectivity index (χ2v) is 6.36. The number of nitrogens with one attached hydrogen (secondary N) is 2. The molecule has 124 valence electrons. The Morgan fingerprint density at radius 3 is 2.96 bits per heavy atom. The Bertz CT molecular complexity index is 605. The van der Waals surface area contributed by atoms with Crippen molar-refractivity contribution in [1.29, 1.82) is 0 Å². The first-order chi connectivity index (χ1) is 11.0. The van der Waals surface area contributed by atoms with E-state index >= 15 is 0 Å². The number of pyridine rings is 1. The van der Waals surface area contributed by atoms with Gasteiger partial charge in [0.15, 0.2) is 0 Å². The van der Waals surface area contributed by atoms with Gasteiger partial charge in [0.05, 0.1) is 12.2 Å². The van der Waals surface area contributed by atoms with E-state index < -0.39 is 5.82 Å². The molecule has 0 radical (unpaired) electrons. The lowest BCUT2D eigenvalue weighted by Gasteiger charge is -2.17. The van der Waals surface area contributed by atoms with Crippen LogP contribution < -0.4 is 10.6 Å². The zero-order valence-electron chi connectivity index (χ0n) is 13.1. The van der Waals surface area contributed by atoms with E-state index in [-0.39, 0.29) is 23.9 Å². The first kappa shape index (κ1) is 15.7. The molecular formula is C16H21FN4O2. The van der Waals surface area contributed by atoms with Crippen molar-refractivity contribution in [2.24, 2.45) is 5.92 Å². The third-order valence-corrected chi connectivity index (χ3v) is 4.35. The summed E-state index contributed by atoms with van der Waals surface area (Å²) in [5.74, 6) is -0.0694. The van der Waals surface area contributed by atoms with Gasteiger partial charge in [0.25, 0.3) is 0 Å². The van der Waals surface area contributed by atoms with E-state index in [2.05, 4.69) is 15.6 Å². The van der Waals surface area contributed by atoms with Crippen molar-refractivity contribution in [3.63, 3.8) is 0 Å². The van der Waals surface area contributed by atoms with Crippen LogP contribution in [0.25, 0.3) is 0 Å². The predicted molar refractivity (Wildman–Crippen MR) is 82.0 cm³/mol. The molecular weight excluding hydrogens is 299 g/mol. The zero-order valence-corrected chi connectivity index (χ0v) is 13.1. The summed E-state index contributed by atoms with van der Waals surface area (Å²) in [7, 11) is 0. The zero-order chi connectivity index (χ0) is 16.4. The number of amides is 3. The average molecular weight is 320 g/mol. The van der Waals surface area contributed by atoms with Crippen LogP contribution in [0.2, 0.25) is 0 Å². The topological polar surface area (TPSA) is 74.3 Å². The number of carbonyl (C=O) groups excluding carboxylic acids is 2. The third-order valence-electron chi connectivity index (χ3n) is 4.35. The van der Waals surface area contributed by atoms with Crippen LogP contribution in [-0.4, -0.2) is 41.0 Å². The van der Waals surface area contributed by atoms with Crippen molar-refractivity contribution in [3.8, 4) is 0 Å². The van der Waals surface area contributed by atoms with E-state index in [9.17, 15) is 14.0 Å². The summed E-state index contributed by atoms with van der Waals surface area (Å²) in [6.07, 6.45) is 5.35. The Hall–Kier alpha value is -2.18. The van der Waals surface area contributed by atoms with Crippen molar-refractivity contribution in [1.82, 2.24) is 20.5 Å². The van der Waals surface area contributed by atoms with Crippen LogP contribution >= 0.6 is 0 Å². The molecule has 1 aromatic rings. The normalized spacial score (nSPS) is 22.1. The fourth-order valence-electron chi connectivity index (χ4n) is 2.92. The number of likely N-dealkylation sites (tertiary alicyclic amines) is 1. The van der Waals surface area contributed by atoms with E-state index in [1.165, 1.54) is 12.3 Å². The molecule has 1 aromatic heterocycles. The number of halogens is 1. The van der Waals surface area contributed by atoms with Crippen molar-refractivity contribution in [2.75, 3.05) is 13.1 Å². The quantitative estimate of drug-likeness (QED) is 0.865. The summed E-state index contributed by atoms with van der Waals surface area (Å²) < 4.78 is 13.1. The number of carbonyl (C=O) groups is 2. The Morgan fingerprint density at radius 2 is 2.26 bits per heavy atom. The highest BCUT2D eigenvalue weighted by atomic mass is 19.1. The van der Waals surface area contributed by atoms with Crippen LogP contribution in [0.1, 0.15) is 37.8 Å². The molecule has 2 heterocycles. The number of hydrogen-bond donors (Lipinski definition) is 2. The molecule has 1 unspecified atom stereocenters. The average Bonchev–Trinajstić information content (AvgIpc) is 3.28. The molecule has 0 aromatic carbocycles. The van der Waals surface area contributed by atoms with E-state index in [4.69, 9.17) is 0 Å². The molecule has 1 saturated carbocycles. The first-order valence-electron chi connectivity index (χ1n) is 7.97. The highest BCUT2D eigenvalue weighted by Crippen LogP contribution is 2.32. The molecule has 2 aliphatic rings. The maximum atomic E-state index is 13.1. The van der Waals surface area contributed by atoms with Crippen LogP contribution in [0.3, 0.4) is 0 Å². The minimum Gasteiger partial charge on any atom is -0.339 e. The van der Waals surface area contributed by atoms with Gasteiger partial charge in [-0.25, -0.2) is 9.18 Å². The second-order valence-electron chi connectivity index (χ2n) is 6.36. The minimum absolute atomic E-state index is 0.167. The van der Waals surface area contributed by atoms with Crippen LogP contribution in [0.5, 0.6) is 0 Å². The standard InChI is InChI=1S/C16H21FN4O2/c1-10(12-5-13(17)8-18-7-12)20-16(23)19-6-11-4-15(22)21(9-11)14-2-3-14/h5,7-8,10-11,14H,2-4,6,9H2,1H3,(H2,19,20,23)/t10-,11?/m0/s1. The van der Waals surface area contributed by atoms with Crippen LogP contribution in [-0.2, 0) is 4.79 Å². The molecule has 23 heavy (non-hydrogen) atoms. The molecule has 1 saturated heterocycles. The van der Waals surface area contributed by atoms with Gasteiger partial charge in [0.1, 0.15) is 5.82 Å². The first-order valence-corrected chi connectivity index (χ1v) is 7.97. The SMILES string of the molecule is C[C@H](NC(=O)NCC1CC(=O)N(C2CC2)C1)c1cncc(F)c1. The summed E-state index contributed by atoms with van der Waals surface area (Å²) in [6.45, 7) is 2.96. The van der Waals surface area contributed by atoms with Gasteiger partial charge in [-0.3, -0.25) is 9.78 Å². The van der Waals surface area contributed by atoms with Crippen molar-refractivity contribution >= 4 is 11.9 Å². The largest absolute Gasteiger partial charge is 0.339 e. The fraction of sp³-hybridized carbons (Fsp3) is 0.562. The Kier molecular flexibility index (Phi) is 4.45. The summed E-state index contributed by atoms with van der Waals surface area (Å²) in [5, 5.41) is 5.55. The molecule has 2 N–H and O–H groups in total. The Balaban J connectivity index is 1.44. The second kappa shape index (κ2) is 6.52. The molecule has 2 atom stereocenters. The van der Waals surface area contributed by atoms with Crippen molar-refractivity contribution in [3.05, 3.63) is 29.8 Å². The number of rotatable bonds is 5. The molecule has 0 bridgehead atoms. The van der Waals surface area contributed by atoms with Gasteiger partial charge >= 0.3 is 6.03 Å². The van der Waals surface area contributed by atoms with Gasteiger partial charge in [0.2, 0.25) is 5.91 Å². The lowest BCUT2D eigenvalue weighted by Crippen LogP contribution is -2.40. The lowest BCUT2D eigenvalue weighted by atomic mass is 10.1. The molecule has 7 heteroatoms. The number of nitrogens with zero attached hydrogens (tertiary/aromatic N) is 2. The number of urea groups is 1. The van der Waals surface area contributed by atoms with Crippen molar-refractivity contribution in [2.45, 2.75) is 38.3 Å². The maximum Gasteiger partial charge on any atom is 0.315 e. The lowest BCUT2D eigenvalue weighted by molar-refractivity contribution is -0.128. The van der Waals surface area contributed by atoms with Crippen LogP contribution in [0.15, 0.2) is 18.5 Å². The smallest absolute Gasteiger partial charge is 0.315 e. The molecule has 3 rings (SSSR count). The molecule has 3 amide bonds. The van der Waals surface area contributed by atoms with Gasteiger partial charge < -0.3 is 15.5 Å². The van der Waals surface area contributed by atoms with Gasteiger partial charge in [-0.2, -0.15) is 0 Å². The highest BCUT2D eigenvalue weighted by molar-refractivity contribution is 5.79. The highest BCUT2D eigenvalue weighted by Gasteiger charge is 2.39. The van der Waals surface area contributed by atoms with Gasteiger partial charge in [-0.15, -0.1) is 0 Å². The Morgan fingerprint density at radius 1 is 1.48 bits per heavy atom. The van der Waals surface area contributed by atoms with E-state index in [1.807, 2.05) is 4.90 Å². The van der Waals surface area contributed by atoms with Crippen LogP contribution in [0, 0.1) is 11.7 Å². The molecule has 1 aliphatic carbocycles.